The highest BCUT2D eigenvalue weighted by Crippen LogP contribution is 2.41. The number of para-hydroxylation sites is 3. The quantitative estimate of drug-likeness (QED) is 0.203. The predicted molar refractivity (Wildman–Crippen MR) is 133 cm³/mol. The maximum absolute atomic E-state index is 11.5. The van der Waals surface area contributed by atoms with Crippen molar-refractivity contribution in [3.8, 4) is 22.8 Å². The summed E-state index contributed by atoms with van der Waals surface area (Å²) in [6, 6.07) is 30.6. The number of nitro groups is 1. The van der Waals surface area contributed by atoms with Crippen molar-refractivity contribution in [2.24, 2.45) is 0 Å². The van der Waals surface area contributed by atoms with E-state index in [0.29, 0.717) is 11.4 Å². The van der Waals surface area contributed by atoms with Crippen LogP contribution in [0, 0.1) is 10.1 Å². The van der Waals surface area contributed by atoms with E-state index in [1.54, 1.807) is 29.5 Å². The number of hydrogen-bond donors (Lipinski definition) is 0. The normalized spacial score (nSPS) is 11.3. The molecule has 0 spiro atoms. The molecule has 0 atom stereocenters. The lowest BCUT2D eigenvalue weighted by Crippen LogP contribution is -1.96. The van der Waals surface area contributed by atoms with E-state index in [9.17, 15) is 10.1 Å². The number of nitrogens with zero attached hydrogens (tertiary/aromatic N) is 2. The van der Waals surface area contributed by atoms with E-state index in [1.807, 2.05) is 48.5 Å². The minimum absolute atomic E-state index is 0.0871. The summed E-state index contributed by atoms with van der Waals surface area (Å²) in [7, 11) is 0. The number of ether oxygens (including phenoxy) is 1. The van der Waals surface area contributed by atoms with Crippen molar-refractivity contribution in [2.45, 2.75) is 0 Å². The third-order valence-corrected chi connectivity index (χ3v) is 6.77. The molecule has 0 aliphatic heterocycles. The van der Waals surface area contributed by atoms with Gasteiger partial charge in [0.15, 0.2) is 5.75 Å². The molecule has 0 bridgehead atoms. The summed E-state index contributed by atoms with van der Waals surface area (Å²) in [4.78, 5) is 16.0. The lowest BCUT2D eigenvalue weighted by Gasteiger charge is -2.13. The highest BCUT2D eigenvalue weighted by molar-refractivity contribution is 7.25. The average molecular weight is 449 g/mol. The molecule has 158 valence electrons. The van der Waals surface area contributed by atoms with Crippen molar-refractivity contribution in [3.05, 3.63) is 107 Å². The second-order valence-electron chi connectivity index (χ2n) is 7.66. The maximum atomic E-state index is 11.5. The Hall–Kier alpha value is -4.29. The van der Waals surface area contributed by atoms with Gasteiger partial charge in [-0.15, -0.1) is 11.3 Å². The number of aromatic nitrogens is 1. The Morgan fingerprint density at radius 3 is 2.42 bits per heavy atom. The van der Waals surface area contributed by atoms with Crippen LogP contribution in [-0.2, 0) is 0 Å². The number of pyridine rings is 1. The Balaban J connectivity index is 1.57. The monoisotopic (exact) mass is 448 g/mol. The molecule has 0 N–H and O–H groups in total. The highest BCUT2D eigenvalue weighted by Gasteiger charge is 2.19. The van der Waals surface area contributed by atoms with Gasteiger partial charge in [-0.05, 0) is 36.4 Å². The third-order valence-electron chi connectivity index (χ3n) is 5.62. The largest absolute Gasteiger partial charge is 0.448 e. The van der Waals surface area contributed by atoms with Crippen molar-refractivity contribution in [3.63, 3.8) is 0 Å². The van der Waals surface area contributed by atoms with Gasteiger partial charge in [0, 0.05) is 37.2 Å². The number of hydrogen-bond acceptors (Lipinski definition) is 5. The minimum Gasteiger partial charge on any atom is -0.448 e. The molecule has 0 aliphatic rings. The predicted octanol–water partition coefficient (Wildman–Crippen LogP) is 7.97. The first-order chi connectivity index (χ1) is 16.2. The molecule has 0 radical (unpaired) electrons. The molecule has 6 rings (SSSR count). The van der Waals surface area contributed by atoms with E-state index >= 15 is 0 Å². The van der Waals surface area contributed by atoms with Crippen LogP contribution >= 0.6 is 11.3 Å². The molecule has 0 amide bonds. The molecular formula is C27H16N2O3S. The SMILES string of the molecule is O=[N+]([O-])c1ccccc1Oc1cc2ccccc2nc1-c1ccc2sc3ccccc3c2c1. The minimum atomic E-state index is -0.437. The van der Waals surface area contributed by atoms with Crippen LogP contribution in [0.3, 0.4) is 0 Å². The summed E-state index contributed by atoms with van der Waals surface area (Å²) in [6.07, 6.45) is 0. The molecule has 2 heterocycles. The molecule has 5 nitrogen and oxygen atoms in total. The van der Waals surface area contributed by atoms with Crippen LogP contribution in [0.1, 0.15) is 0 Å². The first-order valence-corrected chi connectivity index (χ1v) is 11.2. The van der Waals surface area contributed by atoms with Gasteiger partial charge in [-0.1, -0.05) is 54.6 Å². The van der Waals surface area contributed by atoms with Gasteiger partial charge >= 0.3 is 5.69 Å². The summed E-state index contributed by atoms with van der Waals surface area (Å²) >= 11 is 1.75. The Labute approximate surface area is 192 Å². The van der Waals surface area contributed by atoms with E-state index in [0.717, 1.165) is 21.9 Å². The summed E-state index contributed by atoms with van der Waals surface area (Å²) in [5.41, 5.74) is 2.28. The molecule has 2 aromatic heterocycles. The number of rotatable bonds is 4. The molecule has 0 fully saturated rings. The van der Waals surface area contributed by atoms with Crippen molar-refractivity contribution >= 4 is 48.1 Å². The lowest BCUT2D eigenvalue weighted by atomic mass is 10.0. The number of benzene rings is 4. The van der Waals surface area contributed by atoms with Gasteiger partial charge in [-0.3, -0.25) is 10.1 Å². The molecule has 0 saturated heterocycles. The Kier molecular flexibility index (Phi) is 4.52. The van der Waals surface area contributed by atoms with Gasteiger partial charge in [-0.25, -0.2) is 4.98 Å². The van der Waals surface area contributed by atoms with Crippen molar-refractivity contribution in [1.82, 2.24) is 4.98 Å². The van der Waals surface area contributed by atoms with Crippen molar-refractivity contribution < 1.29 is 9.66 Å². The smallest absolute Gasteiger partial charge is 0.311 e. The molecule has 4 aromatic carbocycles. The van der Waals surface area contributed by atoms with E-state index in [2.05, 4.69) is 24.3 Å². The average Bonchev–Trinajstić information content (AvgIpc) is 3.22. The summed E-state index contributed by atoms with van der Waals surface area (Å²) < 4.78 is 8.57. The van der Waals surface area contributed by atoms with Crippen LogP contribution in [0.2, 0.25) is 0 Å². The zero-order chi connectivity index (χ0) is 22.4. The van der Waals surface area contributed by atoms with Gasteiger partial charge < -0.3 is 4.74 Å². The van der Waals surface area contributed by atoms with E-state index in [1.165, 1.54) is 20.9 Å². The standard InChI is InChI=1S/C27H16N2O3S/c30-29(31)22-10-4-5-11-23(22)32-24-16-17-7-1-3-9-21(17)28-27(24)18-13-14-26-20(15-18)19-8-2-6-12-25(19)33-26/h1-16H. The van der Waals surface area contributed by atoms with Crippen LogP contribution < -0.4 is 4.74 Å². The fourth-order valence-corrected chi connectivity index (χ4v) is 5.15. The zero-order valence-electron chi connectivity index (χ0n) is 17.3. The molecule has 0 unspecified atom stereocenters. The molecule has 0 aliphatic carbocycles. The van der Waals surface area contributed by atoms with Crippen LogP contribution in [0.4, 0.5) is 5.69 Å². The van der Waals surface area contributed by atoms with Crippen LogP contribution in [0.5, 0.6) is 11.5 Å². The maximum Gasteiger partial charge on any atom is 0.311 e. The first-order valence-electron chi connectivity index (χ1n) is 10.4. The zero-order valence-corrected chi connectivity index (χ0v) is 18.1. The van der Waals surface area contributed by atoms with Crippen LogP contribution in [0.25, 0.3) is 42.3 Å². The Morgan fingerprint density at radius 2 is 1.52 bits per heavy atom. The van der Waals surface area contributed by atoms with Crippen LogP contribution in [0.15, 0.2) is 97.1 Å². The van der Waals surface area contributed by atoms with Gasteiger partial charge in [0.25, 0.3) is 0 Å². The second kappa shape index (κ2) is 7.69. The van der Waals surface area contributed by atoms with Gasteiger partial charge in [-0.2, -0.15) is 0 Å². The fourth-order valence-electron chi connectivity index (χ4n) is 4.07. The Bertz CT molecular complexity index is 1690. The van der Waals surface area contributed by atoms with E-state index in [-0.39, 0.29) is 11.4 Å². The first kappa shape index (κ1) is 19.4. The molecule has 6 heteroatoms. The van der Waals surface area contributed by atoms with Gasteiger partial charge in [0.1, 0.15) is 5.69 Å². The number of thiophene rings is 1. The van der Waals surface area contributed by atoms with Crippen molar-refractivity contribution in [2.75, 3.05) is 0 Å². The molecule has 6 aromatic rings. The number of fused-ring (bicyclic) bond motifs is 4. The topological polar surface area (TPSA) is 65.3 Å². The van der Waals surface area contributed by atoms with Gasteiger partial charge in [0.05, 0.1) is 10.4 Å². The summed E-state index contributed by atoms with van der Waals surface area (Å²) in [5.74, 6) is 0.657. The fraction of sp³-hybridized carbons (Fsp3) is 0. The lowest BCUT2D eigenvalue weighted by molar-refractivity contribution is -0.385. The second-order valence-corrected chi connectivity index (χ2v) is 8.75. The number of nitro benzene ring substituents is 1. The summed E-state index contributed by atoms with van der Waals surface area (Å²) in [5, 5.41) is 14.8. The molecule has 0 saturated carbocycles. The van der Waals surface area contributed by atoms with Crippen LogP contribution in [-0.4, -0.2) is 9.91 Å². The summed E-state index contributed by atoms with van der Waals surface area (Å²) in [6.45, 7) is 0. The molecular weight excluding hydrogens is 432 g/mol. The van der Waals surface area contributed by atoms with E-state index in [4.69, 9.17) is 9.72 Å². The third kappa shape index (κ3) is 3.37. The van der Waals surface area contributed by atoms with Crippen molar-refractivity contribution in [1.29, 1.82) is 0 Å². The van der Waals surface area contributed by atoms with E-state index < -0.39 is 4.92 Å². The van der Waals surface area contributed by atoms with Gasteiger partial charge in [0.2, 0.25) is 5.75 Å². The molecule has 33 heavy (non-hydrogen) atoms. The highest BCUT2D eigenvalue weighted by atomic mass is 32.1. The Morgan fingerprint density at radius 1 is 0.758 bits per heavy atom.